The molecule has 28 heavy (non-hydrogen) atoms. The second kappa shape index (κ2) is 8.53. The lowest BCUT2D eigenvalue weighted by atomic mass is 10.1. The van der Waals surface area contributed by atoms with E-state index in [1.54, 1.807) is 0 Å². The molecule has 0 bridgehead atoms. The summed E-state index contributed by atoms with van der Waals surface area (Å²) in [6, 6.07) is 26.5. The highest BCUT2D eigenvalue weighted by atomic mass is 79.9. The molecule has 3 aromatic carbocycles. The van der Waals surface area contributed by atoms with E-state index in [1.807, 2.05) is 54.6 Å². The van der Waals surface area contributed by atoms with Crippen LogP contribution >= 0.6 is 39.0 Å². The summed E-state index contributed by atoms with van der Waals surface area (Å²) in [7, 11) is -2.67. The standard InChI is InChI=1S/C24H21Br2OP/c25-23-12-6-4-8-18(23)16-21-14-15-22(17-19-9-5-7-13-24(19)26)28(21,27)20-10-2-1-3-11-20/h1-15,21-22H,16-17H2/t21-,22+,28?. The predicted molar refractivity (Wildman–Crippen MR) is 126 cm³/mol. The summed E-state index contributed by atoms with van der Waals surface area (Å²) in [6.07, 6.45) is 5.93. The van der Waals surface area contributed by atoms with Crippen LogP contribution in [0.4, 0.5) is 0 Å². The van der Waals surface area contributed by atoms with Gasteiger partial charge in [-0.3, -0.25) is 0 Å². The molecule has 1 aliphatic rings. The maximum absolute atomic E-state index is 14.6. The van der Waals surface area contributed by atoms with E-state index in [-0.39, 0.29) is 11.3 Å². The highest BCUT2D eigenvalue weighted by Crippen LogP contribution is 2.61. The molecule has 0 aromatic heterocycles. The summed E-state index contributed by atoms with van der Waals surface area (Å²) in [5.41, 5.74) is 2.44. The first-order valence-electron chi connectivity index (χ1n) is 9.39. The van der Waals surface area contributed by atoms with Crippen molar-refractivity contribution in [3.63, 3.8) is 0 Å². The Morgan fingerprint density at radius 1 is 0.643 bits per heavy atom. The first-order chi connectivity index (χ1) is 13.6. The lowest BCUT2D eigenvalue weighted by molar-refractivity contribution is 0.572. The van der Waals surface area contributed by atoms with Crippen molar-refractivity contribution in [2.24, 2.45) is 0 Å². The predicted octanol–water partition coefficient (Wildman–Crippen LogP) is 6.99. The summed E-state index contributed by atoms with van der Waals surface area (Å²) in [5, 5.41) is 0.981. The third-order valence-electron chi connectivity index (χ3n) is 5.47. The summed E-state index contributed by atoms with van der Waals surface area (Å²) >= 11 is 7.31. The molecule has 1 aliphatic heterocycles. The lowest BCUT2D eigenvalue weighted by Crippen LogP contribution is -2.23. The molecule has 0 saturated carbocycles. The van der Waals surface area contributed by atoms with Crippen molar-refractivity contribution in [1.29, 1.82) is 0 Å². The molecule has 142 valence electrons. The Labute approximate surface area is 183 Å². The molecular formula is C24H21Br2OP. The van der Waals surface area contributed by atoms with E-state index in [4.69, 9.17) is 0 Å². The smallest absolute Gasteiger partial charge is 0.129 e. The van der Waals surface area contributed by atoms with E-state index < -0.39 is 7.14 Å². The summed E-state index contributed by atoms with van der Waals surface area (Å²) in [6.45, 7) is 0. The Bertz CT molecular complexity index is 984. The molecule has 1 unspecified atom stereocenters. The molecule has 3 atom stereocenters. The van der Waals surface area contributed by atoms with Crippen molar-refractivity contribution < 1.29 is 4.57 Å². The summed E-state index contributed by atoms with van der Waals surface area (Å²) in [5.74, 6) is 0. The van der Waals surface area contributed by atoms with E-state index in [0.29, 0.717) is 0 Å². The van der Waals surface area contributed by atoms with Crippen LogP contribution in [-0.2, 0) is 17.4 Å². The molecular weight excluding hydrogens is 495 g/mol. The van der Waals surface area contributed by atoms with Crippen LogP contribution in [-0.4, -0.2) is 11.3 Å². The van der Waals surface area contributed by atoms with Crippen LogP contribution in [0, 0.1) is 0 Å². The van der Waals surface area contributed by atoms with E-state index in [0.717, 1.165) is 27.1 Å². The van der Waals surface area contributed by atoms with E-state index >= 15 is 0 Å². The number of hydrogen-bond donors (Lipinski definition) is 0. The van der Waals surface area contributed by atoms with Gasteiger partial charge in [-0.15, -0.1) is 0 Å². The van der Waals surface area contributed by atoms with Crippen molar-refractivity contribution >= 4 is 44.3 Å². The van der Waals surface area contributed by atoms with Gasteiger partial charge in [0.05, 0.1) is 0 Å². The normalized spacial score (nSPS) is 23.8. The van der Waals surface area contributed by atoms with Gasteiger partial charge in [0.15, 0.2) is 0 Å². The van der Waals surface area contributed by atoms with Crippen molar-refractivity contribution in [2.45, 2.75) is 24.2 Å². The van der Waals surface area contributed by atoms with E-state index in [2.05, 4.69) is 68.3 Å². The zero-order valence-electron chi connectivity index (χ0n) is 15.3. The lowest BCUT2D eigenvalue weighted by Gasteiger charge is -2.27. The van der Waals surface area contributed by atoms with E-state index in [9.17, 15) is 4.57 Å². The van der Waals surface area contributed by atoms with Gasteiger partial charge in [0.2, 0.25) is 0 Å². The molecule has 1 heterocycles. The monoisotopic (exact) mass is 514 g/mol. The van der Waals surface area contributed by atoms with Crippen LogP contribution in [0.5, 0.6) is 0 Å². The Morgan fingerprint density at radius 3 is 1.54 bits per heavy atom. The number of rotatable bonds is 5. The highest BCUT2D eigenvalue weighted by Gasteiger charge is 2.43. The van der Waals surface area contributed by atoms with Crippen molar-refractivity contribution in [2.75, 3.05) is 0 Å². The number of halogens is 2. The Hall–Kier alpha value is -1.41. The topological polar surface area (TPSA) is 17.1 Å². The zero-order chi connectivity index (χ0) is 19.6. The molecule has 1 nitrogen and oxygen atoms in total. The third-order valence-corrected chi connectivity index (χ3v) is 10.8. The van der Waals surface area contributed by atoms with Crippen LogP contribution < -0.4 is 5.30 Å². The highest BCUT2D eigenvalue weighted by molar-refractivity contribution is 9.10. The Morgan fingerprint density at radius 2 is 1.07 bits per heavy atom. The fourth-order valence-electron chi connectivity index (χ4n) is 3.99. The molecule has 0 saturated heterocycles. The van der Waals surface area contributed by atoms with Gasteiger partial charge in [-0.05, 0) is 36.1 Å². The SMILES string of the molecule is O=P1(c2ccccc2)[C@@H](Cc2ccccc2Br)C=C[C@H]1Cc1ccccc1Br. The summed E-state index contributed by atoms with van der Waals surface area (Å²) < 4.78 is 16.8. The molecule has 3 aromatic rings. The van der Waals surface area contributed by atoms with Gasteiger partial charge < -0.3 is 4.57 Å². The Kier molecular flexibility index (Phi) is 6.06. The average Bonchev–Trinajstić information content (AvgIpc) is 3.03. The maximum Gasteiger partial charge on any atom is 0.129 e. The minimum Gasteiger partial charge on any atom is -0.317 e. The number of hydrogen-bond acceptors (Lipinski definition) is 1. The fraction of sp³-hybridized carbons (Fsp3) is 0.167. The minimum atomic E-state index is -2.67. The van der Waals surface area contributed by atoms with Crippen molar-refractivity contribution in [1.82, 2.24) is 0 Å². The molecule has 0 amide bonds. The second-order valence-corrected chi connectivity index (χ2v) is 12.1. The molecule has 4 heteroatoms. The van der Waals surface area contributed by atoms with Gasteiger partial charge in [0, 0.05) is 25.6 Å². The van der Waals surface area contributed by atoms with E-state index in [1.165, 1.54) is 11.1 Å². The van der Waals surface area contributed by atoms with Gasteiger partial charge in [-0.2, -0.15) is 0 Å². The zero-order valence-corrected chi connectivity index (χ0v) is 19.4. The molecule has 0 fully saturated rings. The summed E-state index contributed by atoms with van der Waals surface area (Å²) in [4.78, 5) is 0. The molecule has 0 aliphatic carbocycles. The van der Waals surface area contributed by atoms with Crippen LogP contribution in [0.2, 0.25) is 0 Å². The van der Waals surface area contributed by atoms with Gasteiger partial charge in [0.1, 0.15) is 7.14 Å². The quantitative estimate of drug-likeness (QED) is 0.264. The third kappa shape index (κ3) is 3.85. The van der Waals surface area contributed by atoms with Gasteiger partial charge in [-0.1, -0.05) is 111 Å². The molecule has 0 radical (unpaired) electrons. The van der Waals surface area contributed by atoms with Crippen LogP contribution in [0.3, 0.4) is 0 Å². The first-order valence-corrected chi connectivity index (χ1v) is 12.8. The number of benzene rings is 3. The Balaban J connectivity index is 1.72. The second-order valence-electron chi connectivity index (χ2n) is 7.16. The fourth-order valence-corrected chi connectivity index (χ4v) is 8.42. The molecule has 0 N–H and O–H groups in total. The molecule has 0 spiro atoms. The van der Waals surface area contributed by atoms with Crippen LogP contribution in [0.1, 0.15) is 11.1 Å². The van der Waals surface area contributed by atoms with Crippen LogP contribution in [0.25, 0.3) is 0 Å². The van der Waals surface area contributed by atoms with Gasteiger partial charge in [-0.25, -0.2) is 0 Å². The average molecular weight is 516 g/mol. The van der Waals surface area contributed by atoms with Gasteiger partial charge >= 0.3 is 0 Å². The van der Waals surface area contributed by atoms with Crippen molar-refractivity contribution in [3.05, 3.63) is 111 Å². The van der Waals surface area contributed by atoms with Gasteiger partial charge in [0.25, 0.3) is 0 Å². The minimum absolute atomic E-state index is 0.0149. The van der Waals surface area contributed by atoms with Crippen LogP contribution in [0.15, 0.2) is 100.0 Å². The number of allylic oxidation sites excluding steroid dienone is 2. The molecule has 4 rings (SSSR count). The van der Waals surface area contributed by atoms with Crippen molar-refractivity contribution in [3.8, 4) is 0 Å². The largest absolute Gasteiger partial charge is 0.317 e. The first kappa shape index (κ1) is 19.9. The maximum atomic E-state index is 14.6.